The van der Waals surface area contributed by atoms with Crippen molar-refractivity contribution in [3.63, 3.8) is 0 Å². The van der Waals surface area contributed by atoms with Crippen LogP contribution in [0.1, 0.15) is 77.6 Å². The summed E-state index contributed by atoms with van der Waals surface area (Å²) in [6.07, 6.45) is 2.26. The Morgan fingerprint density at radius 2 is 1.68 bits per heavy atom. The molecule has 0 radical (unpaired) electrons. The highest BCUT2D eigenvalue weighted by Crippen LogP contribution is 2.47. The van der Waals surface area contributed by atoms with Crippen molar-refractivity contribution in [3.05, 3.63) is 94.3 Å². The quantitative estimate of drug-likeness (QED) is 0.0956. The van der Waals surface area contributed by atoms with Crippen LogP contribution in [0.3, 0.4) is 0 Å². The van der Waals surface area contributed by atoms with Crippen molar-refractivity contribution >= 4 is 29.5 Å². The first-order chi connectivity index (χ1) is 30.1. The number of aryl methyl sites for hydroxylation is 2. The first-order valence-electron chi connectivity index (χ1n) is 20.9. The molecule has 1 fully saturated rings. The molecule has 330 valence electrons. The molecule has 63 heavy (non-hydrogen) atoms. The highest BCUT2D eigenvalue weighted by atomic mass is 16.5. The molecule has 1 unspecified atom stereocenters. The Labute approximate surface area is 366 Å². The van der Waals surface area contributed by atoms with Crippen molar-refractivity contribution in [2.45, 2.75) is 83.0 Å². The lowest BCUT2D eigenvalue weighted by atomic mass is 9.93. The monoisotopic (exact) mass is 858 g/mol. The SMILES string of the molecule is Cc1nc(-c2ccc(C3(C)CC3)cc2)nc(C)c1C(=O)NC(CCN)C(=O)N(C)[C@@H]1C(=O)N[C@@H](C)C(=O)N[C@H](C(=O)NCC#N)Cc2ccc(O)c(c2)-c2cc1ccc2OCCN. The molecule has 1 aliphatic carbocycles. The summed E-state index contributed by atoms with van der Waals surface area (Å²) >= 11 is 0. The molecule has 17 heteroatoms. The lowest BCUT2D eigenvalue weighted by molar-refractivity contribution is -0.141. The third-order valence-corrected chi connectivity index (χ3v) is 11.6. The fourth-order valence-electron chi connectivity index (χ4n) is 7.75. The second-order valence-electron chi connectivity index (χ2n) is 16.3. The molecule has 9 N–H and O–H groups in total. The minimum atomic E-state index is -1.42. The maximum absolute atomic E-state index is 14.6. The van der Waals surface area contributed by atoms with Crippen LogP contribution >= 0.6 is 0 Å². The van der Waals surface area contributed by atoms with Gasteiger partial charge in [-0.05, 0) is 92.9 Å². The highest BCUT2D eigenvalue weighted by molar-refractivity contribution is 6.00. The number of likely N-dealkylation sites (N-methyl/N-ethyl adjacent to an activating group) is 1. The number of aromatic nitrogens is 2. The van der Waals surface area contributed by atoms with E-state index in [4.69, 9.17) is 21.5 Å². The molecule has 2 heterocycles. The summed E-state index contributed by atoms with van der Waals surface area (Å²) < 4.78 is 5.98. The van der Waals surface area contributed by atoms with E-state index >= 15 is 0 Å². The van der Waals surface area contributed by atoms with Gasteiger partial charge in [0, 0.05) is 36.7 Å². The molecule has 5 amide bonds. The molecule has 1 saturated carbocycles. The topological polar surface area (TPSA) is 268 Å². The smallest absolute Gasteiger partial charge is 0.255 e. The van der Waals surface area contributed by atoms with Gasteiger partial charge < -0.3 is 47.5 Å². The number of nitriles is 1. The predicted molar refractivity (Wildman–Crippen MR) is 234 cm³/mol. The van der Waals surface area contributed by atoms with E-state index in [1.807, 2.05) is 18.2 Å². The summed E-state index contributed by atoms with van der Waals surface area (Å²) in [5.41, 5.74) is 16.4. The second-order valence-corrected chi connectivity index (χ2v) is 16.3. The number of hydrogen-bond acceptors (Lipinski definition) is 12. The van der Waals surface area contributed by atoms with Gasteiger partial charge in [0.25, 0.3) is 5.91 Å². The summed E-state index contributed by atoms with van der Waals surface area (Å²) in [4.78, 5) is 80.4. The number of carbonyl (C=O) groups excluding carboxylic acids is 5. The molecular weight excluding hydrogens is 805 g/mol. The minimum absolute atomic E-state index is 0.00258. The van der Waals surface area contributed by atoms with Crippen molar-refractivity contribution in [1.29, 1.82) is 5.26 Å². The molecule has 0 saturated heterocycles. The van der Waals surface area contributed by atoms with Crippen molar-refractivity contribution in [2.75, 3.05) is 33.3 Å². The van der Waals surface area contributed by atoms with Crippen LogP contribution < -0.4 is 37.5 Å². The number of amides is 5. The normalized spacial score (nSPS) is 18.3. The van der Waals surface area contributed by atoms with E-state index < -0.39 is 53.7 Å². The minimum Gasteiger partial charge on any atom is -0.507 e. The van der Waals surface area contributed by atoms with Crippen LogP contribution in [0.25, 0.3) is 22.5 Å². The lowest BCUT2D eigenvalue weighted by Gasteiger charge is -2.32. The summed E-state index contributed by atoms with van der Waals surface area (Å²) in [5, 5.41) is 30.9. The highest BCUT2D eigenvalue weighted by Gasteiger charge is 2.39. The number of nitrogens with zero attached hydrogens (tertiary/aromatic N) is 4. The average Bonchev–Trinajstić information content (AvgIpc) is 4.02. The number of aromatic hydroxyl groups is 1. The van der Waals surface area contributed by atoms with Gasteiger partial charge in [-0.3, -0.25) is 24.0 Å². The Bertz CT molecular complexity index is 2420. The number of benzene rings is 3. The Morgan fingerprint density at radius 1 is 0.984 bits per heavy atom. The summed E-state index contributed by atoms with van der Waals surface area (Å²) in [5.74, 6) is -2.81. The third-order valence-electron chi connectivity index (χ3n) is 11.6. The van der Waals surface area contributed by atoms with Crippen LogP contribution in [0.15, 0.2) is 60.7 Å². The zero-order chi connectivity index (χ0) is 45.6. The molecule has 3 aromatic carbocycles. The number of nitrogens with two attached hydrogens (primary N) is 2. The average molecular weight is 859 g/mol. The van der Waals surface area contributed by atoms with E-state index in [1.54, 1.807) is 44.2 Å². The Kier molecular flexibility index (Phi) is 14.1. The maximum atomic E-state index is 14.6. The van der Waals surface area contributed by atoms with Gasteiger partial charge in [0.2, 0.25) is 23.6 Å². The zero-order valence-electron chi connectivity index (χ0n) is 36.1. The molecule has 17 nitrogen and oxygen atoms in total. The van der Waals surface area contributed by atoms with Crippen LogP contribution in [-0.4, -0.2) is 101 Å². The number of ether oxygens (including phenoxy) is 1. The van der Waals surface area contributed by atoms with E-state index in [2.05, 4.69) is 50.3 Å². The molecular formula is C46H54N10O7. The van der Waals surface area contributed by atoms with Gasteiger partial charge in [0.15, 0.2) is 5.82 Å². The van der Waals surface area contributed by atoms with Gasteiger partial charge in [0.05, 0.1) is 23.0 Å². The number of phenolic OH excluding ortho intramolecular Hbond substituents is 1. The van der Waals surface area contributed by atoms with Crippen LogP contribution in [0, 0.1) is 25.2 Å². The standard InChI is InChI=1S/C46H54N10O7/c1-25-38(26(2)52-40(51-25)29-7-10-31(11-8-29)46(4)15-16-46)43(60)54-34(14-17-47)45(62)56(5)39-30-9-13-37(63-21-19-49)33(24-30)32-22-28(6-12-36(32)57)23-35(42(59)50-20-18-48)55-41(58)27(3)53-44(39)61/h6-13,22,24,27,34-35,39,57H,14-17,19-21,23,47,49H2,1-5H3,(H,50,59)(H,53,61)(H,54,60)(H,55,58)/t27-,34?,35-,39-/m0/s1. The summed E-state index contributed by atoms with van der Waals surface area (Å²) in [6, 6.07) is 14.3. The van der Waals surface area contributed by atoms with Crippen LogP contribution in [0.2, 0.25) is 0 Å². The molecule has 4 bridgehead atoms. The van der Waals surface area contributed by atoms with Crippen molar-refractivity contribution in [2.24, 2.45) is 11.5 Å². The molecule has 1 aliphatic heterocycles. The summed E-state index contributed by atoms with van der Waals surface area (Å²) in [6.45, 7) is 7.02. The van der Waals surface area contributed by atoms with Crippen molar-refractivity contribution < 1.29 is 33.8 Å². The van der Waals surface area contributed by atoms with E-state index in [0.717, 1.165) is 23.3 Å². The summed E-state index contributed by atoms with van der Waals surface area (Å²) in [7, 11) is 1.39. The fraction of sp³-hybridized carbons (Fsp3) is 0.391. The molecule has 1 aromatic heterocycles. The Balaban J connectivity index is 1.35. The van der Waals surface area contributed by atoms with Crippen LogP contribution in [0.5, 0.6) is 11.5 Å². The molecule has 2 aliphatic rings. The largest absolute Gasteiger partial charge is 0.507 e. The first kappa shape index (κ1) is 45.6. The van der Waals surface area contributed by atoms with E-state index in [-0.39, 0.29) is 66.9 Å². The van der Waals surface area contributed by atoms with Gasteiger partial charge in [0.1, 0.15) is 48.8 Å². The molecule has 6 rings (SSSR count). The zero-order valence-corrected chi connectivity index (χ0v) is 36.1. The van der Waals surface area contributed by atoms with E-state index in [1.165, 1.54) is 25.6 Å². The number of phenols is 1. The number of hydrogen-bond donors (Lipinski definition) is 7. The Morgan fingerprint density at radius 3 is 2.32 bits per heavy atom. The third kappa shape index (κ3) is 10.3. The number of rotatable bonds is 13. The molecule has 4 atom stereocenters. The van der Waals surface area contributed by atoms with E-state index in [0.29, 0.717) is 34.1 Å². The first-order valence-corrected chi connectivity index (χ1v) is 20.9. The lowest BCUT2D eigenvalue weighted by Crippen LogP contribution is -2.56. The second kappa shape index (κ2) is 19.4. The molecule has 0 spiro atoms. The van der Waals surface area contributed by atoms with Crippen molar-refractivity contribution in [1.82, 2.24) is 36.1 Å². The van der Waals surface area contributed by atoms with E-state index in [9.17, 15) is 29.1 Å². The fourth-order valence-corrected chi connectivity index (χ4v) is 7.75. The number of nitrogens with one attached hydrogen (secondary N) is 4. The van der Waals surface area contributed by atoms with Gasteiger partial charge in [-0.1, -0.05) is 43.3 Å². The number of carbonyl (C=O) groups is 5. The Hall–Kier alpha value is -6.90. The van der Waals surface area contributed by atoms with Gasteiger partial charge in [-0.15, -0.1) is 0 Å². The maximum Gasteiger partial charge on any atom is 0.255 e. The van der Waals surface area contributed by atoms with Crippen LogP contribution in [-0.2, 0) is 31.0 Å². The van der Waals surface area contributed by atoms with Gasteiger partial charge in [-0.2, -0.15) is 5.26 Å². The number of fused-ring (bicyclic) bond motifs is 5. The van der Waals surface area contributed by atoms with Gasteiger partial charge in [-0.25, -0.2) is 9.97 Å². The van der Waals surface area contributed by atoms with Gasteiger partial charge >= 0.3 is 0 Å². The van der Waals surface area contributed by atoms with Crippen molar-refractivity contribution in [3.8, 4) is 40.1 Å². The predicted octanol–water partition coefficient (Wildman–Crippen LogP) is 2.35. The van der Waals surface area contributed by atoms with Crippen LogP contribution in [0.4, 0.5) is 0 Å². The molecule has 4 aromatic rings.